The van der Waals surface area contributed by atoms with Crippen LogP contribution in [-0.4, -0.2) is 29.7 Å². The molecule has 7 nitrogen and oxygen atoms in total. The Kier molecular flexibility index (Phi) is 6.17. The lowest BCUT2D eigenvalue weighted by atomic mass is 9.70. The maximum atomic E-state index is 12.7. The molecule has 5 aromatic rings. The minimum atomic E-state index is -0.481. The molecule has 0 amide bonds. The highest BCUT2D eigenvalue weighted by Crippen LogP contribution is 2.44. The van der Waals surface area contributed by atoms with Gasteiger partial charge in [-0.3, -0.25) is 4.79 Å². The Hall–Kier alpha value is -4.00. The standard InChI is InChI=1S/C32H37N5O2/c1-30(2,3)18-31(4,5)21-14-23(32(6,7)20-12-10-9-11-13-20)28(38)27(15-21)37-34-25-16-22-24(17-26(25)35-37)33-19-36(8)29(22)39/h9-17,19,38H,18H2,1-8H3. The van der Waals surface area contributed by atoms with Crippen molar-refractivity contribution in [2.45, 2.75) is 65.7 Å². The molecule has 0 fully saturated rings. The molecule has 39 heavy (non-hydrogen) atoms. The van der Waals surface area contributed by atoms with E-state index < -0.39 is 5.41 Å². The van der Waals surface area contributed by atoms with E-state index in [0.29, 0.717) is 27.6 Å². The summed E-state index contributed by atoms with van der Waals surface area (Å²) in [6, 6.07) is 17.9. The fraction of sp³-hybridized carbons (Fsp3) is 0.375. The second-order valence-electron chi connectivity index (χ2n) is 13.0. The van der Waals surface area contributed by atoms with Crippen LogP contribution in [0.3, 0.4) is 0 Å². The van der Waals surface area contributed by atoms with E-state index >= 15 is 0 Å². The minimum Gasteiger partial charge on any atom is -0.505 e. The average molecular weight is 524 g/mol. The molecule has 0 bridgehead atoms. The lowest BCUT2D eigenvalue weighted by molar-refractivity contribution is 0.283. The van der Waals surface area contributed by atoms with E-state index in [1.807, 2.05) is 24.3 Å². The van der Waals surface area contributed by atoms with Gasteiger partial charge in [0.25, 0.3) is 5.56 Å². The van der Waals surface area contributed by atoms with E-state index in [1.165, 1.54) is 15.7 Å². The van der Waals surface area contributed by atoms with Crippen LogP contribution in [0.4, 0.5) is 0 Å². The molecule has 3 aromatic carbocycles. The molecule has 0 aliphatic rings. The number of fused-ring (bicyclic) bond motifs is 2. The maximum absolute atomic E-state index is 12.7. The van der Waals surface area contributed by atoms with Crippen molar-refractivity contribution in [1.29, 1.82) is 0 Å². The lowest BCUT2D eigenvalue weighted by Crippen LogP contribution is -2.27. The first-order chi connectivity index (χ1) is 18.2. The summed E-state index contributed by atoms with van der Waals surface area (Å²) in [5.41, 5.74) is 4.56. The van der Waals surface area contributed by atoms with Gasteiger partial charge in [-0.25, -0.2) is 4.98 Å². The first-order valence-corrected chi connectivity index (χ1v) is 13.3. The van der Waals surface area contributed by atoms with Crippen molar-refractivity contribution >= 4 is 21.9 Å². The Morgan fingerprint density at radius 2 is 1.46 bits per heavy atom. The van der Waals surface area contributed by atoms with Gasteiger partial charge in [0, 0.05) is 18.0 Å². The van der Waals surface area contributed by atoms with E-state index in [2.05, 4.69) is 71.6 Å². The molecule has 2 aromatic heterocycles. The Morgan fingerprint density at radius 1 is 0.821 bits per heavy atom. The zero-order valence-corrected chi connectivity index (χ0v) is 24.1. The van der Waals surface area contributed by atoms with Crippen molar-refractivity contribution in [1.82, 2.24) is 24.5 Å². The third-order valence-electron chi connectivity index (χ3n) is 7.65. The highest BCUT2D eigenvalue weighted by atomic mass is 16.3. The van der Waals surface area contributed by atoms with E-state index in [1.54, 1.807) is 19.2 Å². The minimum absolute atomic E-state index is 0.106. The van der Waals surface area contributed by atoms with Gasteiger partial charge in [0.05, 0.1) is 17.2 Å². The number of aromatic hydroxyl groups is 1. The molecule has 0 unspecified atom stereocenters. The van der Waals surface area contributed by atoms with Gasteiger partial charge < -0.3 is 9.67 Å². The third-order valence-corrected chi connectivity index (χ3v) is 7.65. The van der Waals surface area contributed by atoms with E-state index in [0.717, 1.165) is 23.1 Å². The van der Waals surface area contributed by atoms with Crippen LogP contribution in [0.25, 0.3) is 27.6 Å². The summed E-state index contributed by atoms with van der Waals surface area (Å²) in [6.45, 7) is 15.5. The molecule has 5 rings (SSSR count). The van der Waals surface area contributed by atoms with E-state index in [9.17, 15) is 9.90 Å². The molecule has 0 saturated heterocycles. The van der Waals surface area contributed by atoms with Crippen LogP contribution in [0, 0.1) is 5.41 Å². The topological polar surface area (TPSA) is 85.8 Å². The van der Waals surface area contributed by atoms with Crippen LogP contribution >= 0.6 is 0 Å². The quantitative estimate of drug-likeness (QED) is 0.288. The van der Waals surface area contributed by atoms with Gasteiger partial charge >= 0.3 is 0 Å². The van der Waals surface area contributed by atoms with Crippen LogP contribution in [0.5, 0.6) is 5.75 Å². The van der Waals surface area contributed by atoms with Gasteiger partial charge in [0.15, 0.2) is 0 Å². The van der Waals surface area contributed by atoms with Crippen molar-refractivity contribution < 1.29 is 5.11 Å². The largest absolute Gasteiger partial charge is 0.505 e. The molecule has 0 aliphatic carbocycles. The molecular formula is C32H37N5O2. The predicted molar refractivity (Wildman–Crippen MR) is 157 cm³/mol. The van der Waals surface area contributed by atoms with Gasteiger partial charge in [-0.2, -0.15) is 0 Å². The summed E-state index contributed by atoms with van der Waals surface area (Å²) in [5.74, 6) is 0.137. The van der Waals surface area contributed by atoms with Gasteiger partial charge in [0.1, 0.15) is 22.5 Å². The highest BCUT2D eigenvalue weighted by molar-refractivity contribution is 5.92. The van der Waals surface area contributed by atoms with Crippen LogP contribution in [0.1, 0.15) is 71.6 Å². The molecular weight excluding hydrogens is 486 g/mol. The first-order valence-electron chi connectivity index (χ1n) is 13.3. The van der Waals surface area contributed by atoms with Gasteiger partial charge in [-0.15, -0.1) is 15.0 Å². The zero-order chi connectivity index (χ0) is 28.3. The van der Waals surface area contributed by atoms with Crippen molar-refractivity contribution in [2.75, 3.05) is 0 Å². The molecule has 1 N–H and O–H groups in total. The number of phenolic OH excluding ortho intramolecular Hbond substituents is 1. The third kappa shape index (κ3) is 4.82. The van der Waals surface area contributed by atoms with Crippen molar-refractivity contribution in [3.8, 4) is 11.4 Å². The molecule has 0 atom stereocenters. The smallest absolute Gasteiger partial charge is 0.260 e. The summed E-state index contributed by atoms with van der Waals surface area (Å²) in [7, 11) is 1.68. The van der Waals surface area contributed by atoms with Crippen LogP contribution in [-0.2, 0) is 17.9 Å². The number of rotatable bonds is 5. The molecule has 0 saturated carbocycles. The van der Waals surface area contributed by atoms with E-state index in [-0.39, 0.29) is 22.1 Å². The van der Waals surface area contributed by atoms with Crippen molar-refractivity contribution in [3.63, 3.8) is 0 Å². The van der Waals surface area contributed by atoms with Gasteiger partial charge in [0.2, 0.25) is 0 Å². The Bertz CT molecular complexity index is 1760. The summed E-state index contributed by atoms with van der Waals surface area (Å²) in [5, 5.41) is 21.7. The summed E-state index contributed by atoms with van der Waals surface area (Å²) in [4.78, 5) is 18.6. The fourth-order valence-electron chi connectivity index (χ4n) is 5.81. The normalized spacial score (nSPS) is 12.9. The number of phenols is 1. The monoisotopic (exact) mass is 523 g/mol. The van der Waals surface area contributed by atoms with Crippen LogP contribution in [0.2, 0.25) is 0 Å². The Labute approximate surface area is 229 Å². The maximum Gasteiger partial charge on any atom is 0.260 e. The summed E-state index contributed by atoms with van der Waals surface area (Å²) >= 11 is 0. The number of hydrogen-bond donors (Lipinski definition) is 1. The SMILES string of the molecule is Cn1cnc2cc3nn(-c4cc(C(C)(C)CC(C)(C)C)cc(C(C)(C)c5ccccc5)c4O)nc3cc2c1=O. The first kappa shape index (κ1) is 26.6. The van der Waals surface area contributed by atoms with E-state index in [4.69, 9.17) is 10.2 Å². The van der Waals surface area contributed by atoms with Gasteiger partial charge in [-0.1, -0.05) is 84.9 Å². The second-order valence-corrected chi connectivity index (χ2v) is 13.0. The molecule has 0 aliphatic heterocycles. The number of nitrogens with zero attached hydrogens (tertiary/aromatic N) is 5. The van der Waals surface area contributed by atoms with Crippen molar-refractivity contribution in [3.05, 3.63) is 88.0 Å². The summed E-state index contributed by atoms with van der Waals surface area (Å²) < 4.78 is 1.45. The molecule has 0 radical (unpaired) electrons. The second kappa shape index (κ2) is 9.04. The molecule has 7 heteroatoms. The Morgan fingerprint density at radius 3 is 2.10 bits per heavy atom. The van der Waals surface area contributed by atoms with Crippen molar-refractivity contribution in [2.24, 2.45) is 12.5 Å². The number of benzene rings is 3. The van der Waals surface area contributed by atoms with Gasteiger partial charge in [-0.05, 0) is 46.6 Å². The average Bonchev–Trinajstić information content (AvgIpc) is 3.27. The molecule has 202 valence electrons. The predicted octanol–water partition coefficient (Wildman–Crippen LogP) is 6.41. The van der Waals surface area contributed by atoms with Crippen LogP contribution < -0.4 is 5.56 Å². The highest BCUT2D eigenvalue weighted by Gasteiger charge is 2.33. The summed E-state index contributed by atoms with van der Waals surface area (Å²) in [6.07, 6.45) is 2.45. The zero-order valence-electron chi connectivity index (χ0n) is 24.1. The fourth-order valence-corrected chi connectivity index (χ4v) is 5.81. The Balaban J connectivity index is 1.76. The number of aromatic nitrogens is 5. The number of aryl methyl sites for hydroxylation is 1. The lowest BCUT2D eigenvalue weighted by Gasteiger charge is -2.35. The number of hydrogen-bond acceptors (Lipinski definition) is 5. The molecule has 2 heterocycles. The van der Waals surface area contributed by atoms with Crippen LogP contribution in [0.15, 0.2) is 65.7 Å². The molecule has 0 spiro atoms.